The molecule has 0 bridgehead atoms. The van der Waals surface area contributed by atoms with Gasteiger partial charge in [-0.25, -0.2) is 8.78 Å². The molecule has 1 aromatic carbocycles. The zero-order valence-corrected chi connectivity index (χ0v) is 12.3. The maximum Gasteiger partial charge on any atom is 0.149 e. The van der Waals surface area contributed by atoms with Crippen LogP contribution in [-0.2, 0) is 11.3 Å². The lowest BCUT2D eigenvalue weighted by atomic mass is 9.94. The summed E-state index contributed by atoms with van der Waals surface area (Å²) in [5.74, 6) is -1.01. The Morgan fingerprint density at radius 3 is 2.55 bits per heavy atom. The lowest BCUT2D eigenvalue weighted by Gasteiger charge is -2.40. The van der Waals surface area contributed by atoms with Crippen LogP contribution in [0.25, 0.3) is 0 Å². The molecule has 112 valence electrons. The van der Waals surface area contributed by atoms with Crippen molar-refractivity contribution < 1.29 is 13.5 Å². The average molecular weight is 284 g/mol. The Labute approximate surface area is 118 Å². The van der Waals surface area contributed by atoms with E-state index in [-0.39, 0.29) is 11.3 Å². The molecule has 1 fully saturated rings. The van der Waals surface area contributed by atoms with Gasteiger partial charge in [-0.3, -0.25) is 0 Å². The van der Waals surface area contributed by atoms with Crippen LogP contribution >= 0.6 is 0 Å². The fourth-order valence-electron chi connectivity index (χ4n) is 2.79. The van der Waals surface area contributed by atoms with Gasteiger partial charge in [0.25, 0.3) is 0 Å². The zero-order chi connectivity index (χ0) is 14.8. The predicted octanol–water partition coefficient (Wildman–Crippen LogP) is 2.69. The molecule has 1 aromatic rings. The number of nitrogens with one attached hydrogen (secondary N) is 1. The van der Waals surface area contributed by atoms with Crippen LogP contribution in [0.2, 0.25) is 0 Å². The highest BCUT2D eigenvalue weighted by atomic mass is 19.1. The third-order valence-corrected chi connectivity index (χ3v) is 3.93. The van der Waals surface area contributed by atoms with E-state index in [1.54, 1.807) is 19.1 Å². The Hall–Kier alpha value is -1.20. The molecule has 1 aliphatic heterocycles. The Kier molecular flexibility index (Phi) is 4.60. The quantitative estimate of drug-likeness (QED) is 0.920. The average Bonchev–Trinajstić information content (AvgIpc) is 2.38. The van der Waals surface area contributed by atoms with Crippen molar-refractivity contribution in [1.29, 1.82) is 0 Å². The summed E-state index contributed by atoms with van der Waals surface area (Å²) in [5, 5.41) is 2.89. The fraction of sp³-hybridized carbons (Fsp3) is 0.600. The second kappa shape index (κ2) is 6.06. The van der Waals surface area contributed by atoms with Crippen LogP contribution in [-0.4, -0.2) is 32.8 Å². The standard InChI is InChI=1S/C15H22F2N2O/c1-15(20-3)5-4-6-19(10-15)14-12(16)7-11(9-18-2)8-13(14)17/h7-8,18H,4-6,9-10H2,1-3H3. The van der Waals surface area contributed by atoms with Crippen LogP contribution in [0.15, 0.2) is 12.1 Å². The summed E-state index contributed by atoms with van der Waals surface area (Å²) in [6.45, 7) is 3.58. The second-order valence-corrected chi connectivity index (χ2v) is 5.62. The highest BCUT2D eigenvalue weighted by Gasteiger charge is 2.33. The molecule has 1 saturated heterocycles. The monoisotopic (exact) mass is 284 g/mol. The topological polar surface area (TPSA) is 24.5 Å². The van der Waals surface area contributed by atoms with E-state index in [0.717, 1.165) is 12.8 Å². The minimum atomic E-state index is -0.504. The summed E-state index contributed by atoms with van der Waals surface area (Å²) in [5.41, 5.74) is 0.325. The molecule has 0 aliphatic carbocycles. The van der Waals surface area contributed by atoms with Crippen molar-refractivity contribution in [2.75, 3.05) is 32.1 Å². The lowest BCUT2D eigenvalue weighted by molar-refractivity contribution is -0.00489. The van der Waals surface area contributed by atoms with Crippen molar-refractivity contribution in [3.05, 3.63) is 29.3 Å². The highest BCUT2D eigenvalue weighted by molar-refractivity contribution is 5.51. The van der Waals surface area contributed by atoms with Crippen LogP contribution in [0, 0.1) is 11.6 Å². The minimum absolute atomic E-state index is 0.0628. The Bertz CT molecular complexity index is 458. The van der Waals surface area contributed by atoms with Crippen molar-refractivity contribution in [1.82, 2.24) is 5.32 Å². The van der Waals surface area contributed by atoms with Crippen LogP contribution in [0.4, 0.5) is 14.5 Å². The van der Waals surface area contributed by atoms with E-state index in [1.807, 2.05) is 6.92 Å². The first-order valence-corrected chi connectivity index (χ1v) is 6.92. The van der Waals surface area contributed by atoms with Gasteiger partial charge in [-0.15, -0.1) is 0 Å². The third-order valence-electron chi connectivity index (χ3n) is 3.93. The first-order chi connectivity index (χ1) is 9.49. The summed E-state index contributed by atoms with van der Waals surface area (Å²) in [4.78, 5) is 1.75. The van der Waals surface area contributed by atoms with Crippen molar-refractivity contribution >= 4 is 5.69 Å². The highest BCUT2D eigenvalue weighted by Crippen LogP contribution is 2.32. The Morgan fingerprint density at radius 1 is 1.35 bits per heavy atom. The summed E-state index contributed by atoms with van der Waals surface area (Å²) in [6, 6.07) is 2.79. The van der Waals surface area contributed by atoms with E-state index >= 15 is 0 Å². The molecule has 0 aromatic heterocycles. The maximum absolute atomic E-state index is 14.2. The molecule has 0 amide bonds. The number of hydrogen-bond acceptors (Lipinski definition) is 3. The van der Waals surface area contributed by atoms with Crippen LogP contribution < -0.4 is 10.2 Å². The first-order valence-electron chi connectivity index (χ1n) is 6.92. The van der Waals surface area contributed by atoms with Gasteiger partial charge in [0.2, 0.25) is 0 Å². The fourth-order valence-corrected chi connectivity index (χ4v) is 2.79. The van der Waals surface area contributed by atoms with Gasteiger partial charge in [0.05, 0.1) is 5.60 Å². The van der Waals surface area contributed by atoms with Gasteiger partial charge in [0.15, 0.2) is 0 Å². The van der Waals surface area contributed by atoms with Gasteiger partial charge < -0.3 is 15.0 Å². The molecule has 0 spiro atoms. The third kappa shape index (κ3) is 3.10. The molecule has 1 atom stereocenters. The molecule has 1 unspecified atom stereocenters. The molecule has 0 radical (unpaired) electrons. The van der Waals surface area contributed by atoms with Gasteiger partial charge in [-0.1, -0.05) is 0 Å². The number of nitrogens with zero attached hydrogens (tertiary/aromatic N) is 1. The number of hydrogen-bond donors (Lipinski definition) is 1. The number of halogens is 2. The Morgan fingerprint density at radius 2 is 2.00 bits per heavy atom. The molecular formula is C15H22F2N2O. The molecule has 1 heterocycles. The van der Waals surface area contributed by atoms with E-state index in [1.165, 1.54) is 12.1 Å². The summed E-state index contributed by atoms with van der Waals surface area (Å²) in [7, 11) is 3.39. The van der Waals surface area contributed by atoms with Gasteiger partial charge in [-0.2, -0.15) is 0 Å². The SMILES string of the molecule is CNCc1cc(F)c(N2CCCC(C)(OC)C2)c(F)c1. The van der Waals surface area contributed by atoms with Crippen molar-refractivity contribution in [3.8, 4) is 0 Å². The van der Waals surface area contributed by atoms with E-state index in [2.05, 4.69) is 5.32 Å². The maximum atomic E-state index is 14.2. The van der Waals surface area contributed by atoms with Gasteiger partial charge in [0.1, 0.15) is 17.3 Å². The molecule has 20 heavy (non-hydrogen) atoms. The van der Waals surface area contributed by atoms with Gasteiger partial charge in [-0.05, 0) is 44.5 Å². The smallest absolute Gasteiger partial charge is 0.149 e. The molecule has 1 aliphatic rings. The van der Waals surface area contributed by atoms with E-state index in [0.29, 0.717) is 25.2 Å². The Balaban J connectivity index is 2.28. The van der Waals surface area contributed by atoms with Gasteiger partial charge in [0, 0.05) is 26.7 Å². The number of methoxy groups -OCH3 is 1. The van der Waals surface area contributed by atoms with Gasteiger partial charge >= 0.3 is 0 Å². The van der Waals surface area contributed by atoms with Crippen molar-refractivity contribution in [2.24, 2.45) is 0 Å². The number of rotatable bonds is 4. The van der Waals surface area contributed by atoms with Crippen LogP contribution in [0.3, 0.4) is 0 Å². The second-order valence-electron chi connectivity index (χ2n) is 5.62. The number of anilines is 1. The number of ether oxygens (including phenoxy) is 1. The van der Waals surface area contributed by atoms with E-state index in [9.17, 15) is 8.78 Å². The van der Waals surface area contributed by atoms with Crippen molar-refractivity contribution in [3.63, 3.8) is 0 Å². The van der Waals surface area contributed by atoms with Crippen molar-refractivity contribution in [2.45, 2.75) is 31.9 Å². The number of benzene rings is 1. The summed E-state index contributed by atoms with van der Waals surface area (Å²) < 4.78 is 33.9. The minimum Gasteiger partial charge on any atom is -0.377 e. The molecule has 1 N–H and O–H groups in total. The predicted molar refractivity (Wildman–Crippen MR) is 76.0 cm³/mol. The summed E-state index contributed by atoms with van der Waals surface area (Å²) >= 11 is 0. The number of piperidine rings is 1. The molecule has 2 rings (SSSR count). The molecule has 3 nitrogen and oxygen atoms in total. The molecular weight excluding hydrogens is 262 g/mol. The zero-order valence-electron chi connectivity index (χ0n) is 12.3. The normalized spacial score (nSPS) is 23.1. The van der Waals surface area contributed by atoms with Crippen LogP contribution in [0.1, 0.15) is 25.3 Å². The summed E-state index contributed by atoms with van der Waals surface area (Å²) in [6.07, 6.45) is 1.77. The molecule has 5 heteroatoms. The van der Waals surface area contributed by atoms with Crippen LogP contribution in [0.5, 0.6) is 0 Å². The molecule has 0 saturated carbocycles. The largest absolute Gasteiger partial charge is 0.377 e. The lowest BCUT2D eigenvalue weighted by Crippen LogP contribution is -2.48. The van der Waals surface area contributed by atoms with E-state index in [4.69, 9.17) is 4.74 Å². The van der Waals surface area contributed by atoms with E-state index < -0.39 is 11.6 Å². The first kappa shape index (κ1) is 15.2.